The second kappa shape index (κ2) is 4.22. The molecule has 1 heterocycles. The van der Waals surface area contributed by atoms with Gasteiger partial charge in [0.1, 0.15) is 5.69 Å². The van der Waals surface area contributed by atoms with E-state index in [1.165, 1.54) is 4.68 Å². The number of nitrogens with two attached hydrogens (primary N) is 1. The first-order chi connectivity index (χ1) is 8.15. The molecule has 2 aromatic rings. The smallest absolute Gasteiger partial charge is 0.303 e. The number of aryl methyl sites for hydroxylation is 1. The van der Waals surface area contributed by atoms with Crippen LogP contribution < -0.4 is 11.3 Å². The fourth-order valence-electron chi connectivity index (χ4n) is 1.62. The van der Waals surface area contributed by atoms with Gasteiger partial charge in [-0.25, -0.2) is 10.5 Å². The zero-order valence-electron chi connectivity index (χ0n) is 9.12. The van der Waals surface area contributed by atoms with Crippen LogP contribution in [0.2, 0.25) is 0 Å². The molecule has 0 aliphatic rings. The topological polar surface area (TPSA) is 99.0 Å². The predicted octanol–water partition coefficient (Wildman–Crippen LogP) is 1.37. The van der Waals surface area contributed by atoms with Crippen LogP contribution in [0.15, 0.2) is 30.3 Å². The number of nitrogen functional groups attached to an aromatic ring is 1. The summed E-state index contributed by atoms with van der Waals surface area (Å²) in [4.78, 5) is 10.4. The summed E-state index contributed by atoms with van der Waals surface area (Å²) in [5, 5.41) is 15.0. The summed E-state index contributed by atoms with van der Waals surface area (Å²) in [6, 6.07) is 9.06. The Kier molecular flexibility index (Phi) is 2.75. The number of hydrazine groups is 1. The van der Waals surface area contributed by atoms with Crippen molar-refractivity contribution in [3.8, 4) is 5.69 Å². The van der Waals surface area contributed by atoms with Gasteiger partial charge in [-0.2, -0.15) is 5.10 Å². The molecule has 17 heavy (non-hydrogen) atoms. The largest absolute Gasteiger partial charge is 0.335 e. The molecule has 0 spiro atoms. The van der Waals surface area contributed by atoms with E-state index in [4.69, 9.17) is 5.84 Å². The molecule has 7 heteroatoms. The minimum atomic E-state index is -0.503. The SMILES string of the molecule is Cc1nn(-c2ccccc2)c(NN)c1[N+](=O)[O-]. The van der Waals surface area contributed by atoms with Crippen LogP contribution in [0.3, 0.4) is 0 Å². The summed E-state index contributed by atoms with van der Waals surface area (Å²) in [6.07, 6.45) is 0. The average Bonchev–Trinajstić information content (AvgIpc) is 2.67. The van der Waals surface area contributed by atoms with E-state index in [-0.39, 0.29) is 11.5 Å². The van der Waals surface area contributed by atoms with Crippen LogP contribution >= 0.6 is 0 Å². The van der Waals surface area contributed by atoms with Crippen molar-refractivity contribution in [2.24, 2.45) is 5.84 Å². The Morgan fingerprint density at radius 1 is 1.41 bits per heavy atom. The van der Waals surface area contributed by atoms with Gasteiger partial charge < -0.3 is 5.43 Å². The fraction of sp³-hybridized carbons (Fsp3) is 0.100. The van der Waals surface area contributed by atoms with Gasteiger partial charge in [-0.3, -0.25) is 10.1 Å². The first kappa shape index (κ1) is 11.1. The molecule has 0 amide bonds. The third kappa shape index (κ3) is 1.83. The molecule has 0 atom stereocenters. The maximum absolute atomic E-state index is 10.9. The number of benzene rings is 1. The number of hydrogen-bond donors (Lipinski definition) is 2. The summed E-state index contributed by atoms with van der Waals surface area (Å²) in [7, 11) is 0. The van der Waals surface area contributed by atoms with E-state index in [1.54, 1.807) is 19.1 Å². The lowest BCUT2D eigenvalue weighted by Crippen LogP contribution is -2.13. The molecule has 7 nitrogen and oxygen atoms in total. The van der Waals surface area contributed by atoms with Gasteiger partial charge in [0, 0.05) is 0 Å². The molecule has 88 valence electrons. The number of rotatable bonds is 3. The van der Waals surface area contributed by atoms with Crippen LogP contribution in [0.4, 0.5) is 11.5 Å². The van der Waals surface area contributed by atoms with Gasteiger partial charge in [-0.15, -0.1) is 0 Å². The summed E-state index contributed by atoms with van der Waals surface area (Å²) in [6.45, 7) is 1.57. The third-order valence-electron chi connectivity index (χ3n) is 2.35. The zero-order chi connectivity index (χ0) is 12.4. The van der Waals surface area contributed by atoms with Crippen molar-refractivity contribution in [1.29, 1.82) is 0 Å². The first-order valence-corrected chi connectivity index (χ1v) is 4.91. The molecule has 0 radical (unpaired) electrons. The predicted molar refractivity (Wildman–Crippen MR) is 62.8 cm³/mol. The Hall–Kier alpha value is -2.41. The Labute approximate surface area is 97.0 Å². The van der Waals surface area contributed by atoms with E-state index in [2.05, 4.69) is 10.5 Å². The van der Waals surface area contributed by atoms with Gasteiger partial charge in [0.15, 0.2) is 0 Å². The molecule has 1 aromatic heterocycles. The Bertz CT molecular complexity index is 549. The molecular formula is C10H11N5O2. The van der Waals surface area contributed by atoms with Crippen molar-refractivity contribution >= 4 is 11.5 Å². The summed E-state index contributed by atoms with van der Waals surface area (Å²) < 4.78 is 1.41. The summed E-state index contributed by atoms with van der Waals surface area (Å²) >= 11 is 0. The number of hydrogen-bond acceptors (Lipinski definition) is 5. The highest BCUT2D eigenvalue weighted by Crippen LogP contribution is 2.29. The maximum atomic E-state index is 10.9. The molecule has 0 aliphatic carbocycles. The molecule has 0 unspecified atom stereocenters. The van der Waals surface area contributed by atoms with Gasteiger partial charge in [0.2, 0.25) is 5.82 Å². The average molecular weight is 233 g/mol. The molecule has 2 rings (SSSR count). The van der Waals surface area contributed by atoms with Crippen LogP contribution in [0.5, 0.6) is 0 Å². The number of nitrogens with one attached hydrogen (secondary N) is 1. The highest BCUT2D eigenvalue weighted by molar-refractivity contribution is 5.62. The van der Waals surface area contributed by atoms with Gasteiger partial charge >= 0.3 is 5.69 Å². The Morgan fingerprint density at radius 3 is 2.59 bits per heavy atom. The normalized spacial score (nSPS) is 10.2. The van der Waals surface area contributed by atoms with Crippen molar-refractivity contribution in [2.75, 3.05) is 5.43 Å². The minimum absolute atomic E-state index is 0.114. The van der Waals surface area contributed by atoms with Gasteiger partial charge in [0.25, 0.3) is 0 Å². The number of nitrogens with zero attached hydrogens (tertiary/aromatic N) is 3. The number of anilines is 1. The lowest BCUT2D eigenvalue weighted by molar-refractivity contribution is -0.384. The van der Waals surface area contributed by atoms with Crippen LogP contribution in [0.25, 0.3) is 5.69 Å². The lowest BCUT2D eigenvalue weighted by atomic mass is 10.3. The van der Waals surface area contributed by atoms with Crippen molar-refractivity contribution in [3.63, 3.8) is 0 Å². The van der Waals surface area contributed by atoms with Gasteiger partial charge in [-0.1, -0.05) is 18.2 Å². The lowest BCUT2D eigenvalue weighted by Gasteiger charge is -2.04. The van der Waals surface area contributed by atoms with Crippen LogP contribution in [0.1, 0.15) is 5.69 Å². The van der Waals surface area contributed by atoms with Crippen molar-refractivity contribution < 1.29 is 4.92 Å². The number of aromatic nitrogens is 2. The zero-order valence-corrected chi connectivity index (χ0v) is 9.12. The van der Waals surface area contributed by atoms with E-state index in [1.807, 2.05) is 18.2 Å². The monoisotopic (exact) mass is 233 g/mol. The molecule has 0 bridgehead atoms. The molecule has 0 fully saturated rings. The minimum Gasteiger partial charge on any atom is -0.303 e. The van der Waals surface area contributed by atoms with Crippen molar-refractivity contribution in [1.82, 2.24) is 9.78 Å². The molecule has 1 aromatic carbocycles. The van der Waals surface area contributed by atoms with Gasteiger partial charge in [0.05, 0.1) is 10.6 Å². The van der Waals surface area contributed by atoms with Crippen molar-refractivity contribution in [3.05, 3.63) is 46.1 Å². The fourth-order valence-corrected chi connectivity index (χ4v) is 1.62. The second-order valence-electron chi connectivity index (χ2n) is 3.43. The highest BCUT2D eigenvalue weighted by atomic mass is 16.6. The van der Waals surface area contributed by atoms with E-state index in [9.17, 15) is 10.1 Å². The first-order valence-electron chi connectivity index (χ1n) is 4.91. The summed E-state index contributed by atoms with van der Waals surface area (Å²) in [5.41, 5.74) is 3.23. The van der Waals surface area contributed by atoms with E-state index in [0.29, 0.717) is 11.4 Å². The third-order valence-corrected chi connectivity index (χ3v) is 2.35. The number of nitro groups is 1. The van der Waals surface area contributed by atoms with E-state index >= 15 is 0 Å². The van der Waals surface area contributed by atoms with E-state index < -0.39 is 4.92 Å². The van der Waals surface area contributed by atoms with Crippen LogP contribution in [0, 0.1) is 17.0 Å². The standard InChI is InChI=1S/C10H11N5O2/c1-7-9(15(16)17)10(12-11)14(13-7)8-5-3-2-4-6-8/h2-6,12H,11H2,1H3. The highest BCUT2D eigenvalue weighted by Gasteiger charge is 2.25. The number of para-hydroxylation sites is 1. The Morgan fingerprint density at radius 2 is 2.06 bits per heavy atom. The van der Waals surface area contributed by atoms with Crippen LogP contribution in [-0.2, 0) is 0 Å². The summed E-state index contributed by atoms with van der Waals surface area (Å²) in [5.74, 6) is 5.49. The molecule has 0 saturated carbocycles. The second-order valence-corrected chi connectivity index (χ2v) is 3.43. The molecular weight excluding hydrogens is 222 g/mol. The van der Waals surface area contributed by atoms with Crippen LogP contribution in [-0.4, -0.2) is 14.7 Å². The Balaban J connectivity index is 2.64. The maximum Gasteiger partial charge on any atom is 0.335 e. The van der Waals surface area contributed by atoms with E-state index in [0.717, 1.165) is 0 Å². The quantitative estimate of drug-likeness (QED) is 0.474. The van der Waals surface area contributed by atoms with Crippen molar-refractivity contribution in [2.45, 2.75) is 6.92 Å². The van der Waals surface area contributed by atoms with Gasteiger partial charge in [-0.05, 0) is 19.1 Å². The molecule has 3 N–H and O–H groups in total. The molecule has 0 aliphatic heterocycles. The molecule has 0 saturated heterocycles.